The lowest BCUT2D eigenvalue weighted by Gasteiger charge is -2.32. The minimum absolute atomic E-state index is 0.0434. The van der Waals surface area contributed by atoms with Gasteiger partial charge in [0.25, 0.3) is 0 Å². The van der Waals surface area contributed by atoms with Gasteiger partial charge < -0.3 is 9.64 Å². The van der Waals surface area contributed by atoms with E-state index in [1.54, 1.807) is 0 Å². The lowest BCUT2D eigenvalue weighted by Crippen LogP contribution is -2.68. The highest BCUT2D eigenvalue weighted by molar-refractivity contribution is 7.42. The third kappa shape index (κ3) is 5.95. The van der Waals surface area contributed by atoms with Gasteiger partial charge in [0, 0.05) is 44.9 Å². The molecule has 0 amide bonds. The molecule has 63 heavy (non-hydrogen) atoms. The second-order valence-electron chi connectivity index (χ2n) is 16.7. The fraction of sp³-hybridized carbons (Fsp3) is 0.0926. The number of anilines is 1. The minimum atomic E-state index is -3.05. The van der Waals surface area contributed by atoms with Gasteiger partial charge in [-0.25, -0.2) is 0 Å². The van der Waals surface area contributed by atoms with Crippen molar-refractivity contribution in [3.8, 4) is 28.6 Å². The molecule has 0 radical (unpaired) electrons. The average molecular weight is 881 g/mol. The molecular weight excluding hydrogens is 841 g/mol. The zero-order chi connectivity index (χ0) is 43.5. The standard InChI is InChI=1S/C54H40N4OS2Si2/c1-54(2)45(44(35-57)49(59-54)37(33-55)34-56)30-29-39-31-47-50(60-39)52-53(62(47,40-17-9-5-10-18-40)41-19-11-6-12-20-41)51-48(32-46(61-51)36-25-27-38(28-26-36)58(3)4)63(52,42-21-13-7-14-22-42)43-23-15-8-16-24-43/h5-32H,1-4H3/b30-29+. The van der Waals surface area contributed by atoms with Gasteiger partial charge in [-0.2, -0.15) is 15.8 Å². The Morgan fingerprint density at radius 1 is 0.603 bits per heavy atom. The van der Waals surface area contributed by atoms with Crippen molar-refractivity contribution in [1.29, 1.82) is 15.8 Å². The van der Waals surface area contributed by atoms with Gasteiger partial charge in [-0.05, 0) is 91.3 Å². The van der Waals surface area contributed by atoms with Gasteiger partial charge >= 0.3 is 0 Å². The molecule has 302 valence electrons. The molecule has 3 aliphatic rings. The van der Waals surface area contributed by atoms with Crippen LogP contribution >= 0.6 is 22.7 Å². The number of fused-ring (bicyclic) bond motifs is 4. The van der Waals surface area contributed by atoms with E-state index in [2.05, 4.69) is 189 Å². The van der Waals surface area contributed by atoms with Crippen molar-refractivity contribution in [2.45, 2.75) is 19.4 Å². The van der Waals surface area contributed by atoms with Crippen molar-refractivity contribution in [3.05, 3.63) is 201 Å². The van der Waals surface area contributed by atoms with Crippen LogP contribution in [0.1, 0.15) is 28.5 Å². The number of hydrogen-bond donors (Lipinski definition) is 0. The van der Waals surface area contributed by atoms with Gasteiger partial charge in [0.15, 0.2) is 27.5 Å². The van der Waals surface area contributed by atoms with Crippen LogP contribution in [0, 0.1) is 34.0 Å². The lowest BCUT2D eigenvalue weighted by atomic mass is 9.94. The van der Waals surface area contributed by atoms with Gasteiger partial charge in [0.2, 0.25) is 0 Å². The van der Waals surface area contributed by atoms with E-state index in [1.807, 2.05) is 54.7 Å². The van der Waals surface area contributed by atoms with Crippen LogP contribution in [0.3, 0.4) is 0 Å². The van der Waals surface area contributed by atoms with Crippen LogP contribution in [0.15, 0.2) is 186 Å². The number of rotatable bonds is 8. The molecule has 0 saturated carbocycles. The zero-order valence-electron chi connectivity index (χ0n) is 35.2. The molecule has 7 aromatic rings. The van der Waals surface area contributed by atoms with Gasteiger partial charge in [0.1, 0.15) is 29.4 Å². The Bertz CT molecular complexity index is 3120. The number of thiophene rings is 2. The highest BCUT2D eigenvalue weighted by Gasteiger charge is 2.63. The van der Waals surface area contributed by atoms with Crippen LogP contribution in [-0.4, -0.2) is 35.8 Å². The average Bonchev–Trinajstić information content (AvgIpc) is 4.11. The number of allylic oxidation sites excluding steroid dienone is 2. The molecule has 0 bridgehead atoms. The Kier molecular flexibility index (Phi) is 9.79. The van der Waals surface area contributed by atoms with E-state index >= 15 is 0 Å². The summed E-state index contributed by atoms with van der Waals surface area (Å²) < 4.78 is 6.17. The quantitative estimate of drug-likeness (QED) is 0.113. The van der Waals surface area contributed by atoms with Gasteiger partial charge in [-0.3, -0.25) is 0 Å². The highest BCUT2D eigenvalue weighted by atomic mass is 32.1. The van der Waals surface area contributed by atoms with Crippen LogP contribution in [0.2, 0.25) is 0 Å². The van der Waals surface area contributed by atoms with E-state index in [9.17, 15) is 15.8 Å². The molecule has 5 heterocycles. The first kappa shape index (κ1) is 40.1. The van der Waals surface area contributed by atoms with Crippen molar-refractivity contribution in [1.82, 2.24) is 0 Å². The van der Waals surface area contributed by atoms with Crippen LogP contribution in [0.4, 0.5) is 5.69 Å². The predicted octanol–water partition coefficient (Wildman–Crippen LogP) is 8.44. The summed E-state index contributed by atoms with van der Waals surface area (Å²) in [7, 11) is -1.91. The number of benzene rings is 5. The molecule has 5 aromatic carbocycles. The van der Waals surface area contributed by atoms with Crippen LogP contribution in [0.25, 0.3) is 26.9 Å². The van der Waals surface area contributed by atoms with Crippen LogP contribution in [0.5, 0.6) is 0 Å². The van der Waals surface area contributed by atoms with Crippen molar-refractivity contribution in [2.24, 2.45) is 0 Å². The summed E-state index contributed by atoms with van der Waals surface area (Å²) in [4.78, 5) is 7.21. The van der Waals surface area contributed by atoms with E-state index in [1.165, 1.54) is 67.4 Å². The number of ether oxygens (including phenoxy) is 1. The topological polar surface area (TPSA) is 83.8 Å². The molecule has 10 rings (SSSR count). The Hall–Kier alpha value is -7.04. The van der Waals surface area contributed by atoms with Crippen molar-refractivity contribution in [2.75, 3.05) is 19.0 Å². The fourth-order valence-electron chi connectivity index (χ4n) is 10.0. The second kappa shape index (κ2) is 15.4. The normalized spacial score (nSPS) is 16.2. The molecule has 0 N–H and O–H groups in total. The predicted molar refractivity (Wildman–Crippen MR) is 265 cm³/mol. The number of nitrogens with zero attached hydrogens (tertiary/aromatic N) is 4. The number of nitriles is 3. The lowest BCUT2D eigenvalue weighted by molar-refractivity contribution is 0.0954. The monoisotopic (exact) mass is 880 g/mol. The molecule has 0 aliphatic carbocycles. The highest BCUT2D eigenvalue weighted by Crippen LogP contribution is 2.53. The molecular formula is C54H40N4OS2Si2. The Morgan fingerprint density at radius 3 is 1.51 bits per heavy atom. The van der Waals surface area contributed by atoms with Crippen molar-refractivity contribution >= 4 is 92.1 Å². The largest absolute Gasteiger partial charge is 0.480 e. The van der Waals surface area contributed by atoms with Crippen molar-refractivity contribution in [3.63, 3.8) is 0 Å². The first-order chi connectivity index (χ1) is 30.7. The molecule has 9 heteroatoms. The first-order valence-electron chi connectivity index (χ1n) is 20.8. The summed E-state index contributed by atoms with van der Waals surface area (Å²) in [5.74, 6) is 0.0434. The minimum Gasteiger partial charge on any atom is -0.480 e. The Labute approximate surface area is 378 Å². The number of hydrogen-bond acceptors (Lipinski definition) is 7. The first-order valence-corrected chi connectivity index (χ1v) is 26.4. The summed E-state index contributed by atoms with van der Waals surface area (Å²) in [5.41, 5.74) is 2.11. The zero-order valence-corrected chi connectivity index (χ0v) is 38.8. The fourth-order valence-corrected chi connectivity index (χ4v) is 26.2. The summed E-state index contributed by atoms with van der Waals surface area (Å²) in [6.45, 7) is 3.75. The SMILES string of the molecule is CN(C)c1ccc(-c2cc3c(s2)C2=C(c4sc(/C=C/C5=C(C#N)C(=C(C#N)C#N)OC5(C)C)cc4[Si]2(c2ccccc2)c2ccccc2)[Si]3(c2ccccc2)c2ccccc2)cc1. The molecule has 0 fully saturated rings. The summed E-state index contributed by atoms with van der Waals surface area (Å²) in [5, 5.41) is 41.1. The third-order valence-electron chi connectivity index (χ3n) is 12.7. The van der Waals surface area contributed by atoms with Gasteiger partial charge in [-0.15, -0.1) is 22.7 Å². The van der Waals surface area contributed by atoms with E-state index in [-0.39, 0.29) is 16.9 Å². The van der Waals surface area contributed by atoms with Crippen molar-refractivity contribution < 1.29 is 4.74 Å². The second-order valence-corrected chi connectivity index (χ2v) is 26.2. The Morgan fingerprint density at radius 2 is 1.06 bits per heavy atom. The van der Waals surface area contributed by atoms with E-state index in [0.717, 1.165) is 4.88 Å². The van der Waals surface area contributed by atoms with E-state index in [0.29, 0.717) is 5.57 Å². The molecule has 0 saturated heterocycles. The van der Waals surface area contributed by atoms with Crippen LogP contribution < -0.4 is 36.0 Å². The molecule has 3 aliphatic heterocycles. The molecule has 0 atom stereocenters. The van der Waals surface area contributed by atoms with E-state index < -0.39 is 21.7 Å². The molecule has 2 aromatic heterocycles. The third-order valence-corrected chi connectivity index (χ3v) is 25.7. The molecule has 5 nitrogen and oxygen atoms in total. The maximum atomic E-state index is 10.4. The Balaban J connectivity index is 1.32. The summed E-state index contributed by atoms with van der Waals surface area (Å²) in [6, 6.07) is 65.0. The maximum absolute atomic E-state index is 10.4. The van der Waals surface area contributed by atoms with Gasteiger partial charge in [0.05, 0.1) is 0 Å². The van der Waals surface area contributed by atoms with Gasteiger partial charge in [-0.1, -0.05) is 140 Å². The smallest absolute Gasteiger partial charge is 0.182 e. The molecule has 0 spiro atoms. The maximum Gasteiger partial charge on any atom is 0.182 e. The van der Waals surface area contributed by atoms with E-state index in [4.69, 9.17) is 4.74 Å². The molecule has 0 unspecified atom stereocenters. The van der Waals surface area contributed by atoms with Crippen LogP contribution in [-0.2, 0) is 4.74 Å². The summed E-state index contributed by atoms with van der Waals surface area (Å²) in [6.07, 6.45) is 4.06. The summed E-state index contributed by atoms with van der Waals surface area (Å²) >= 11 is 3.78.